The molecule has 2 N–H and O–H groups in total. The molecule has 5 heteroatoms. The largest absolute Gasteiger partial charge is 0.493 e. The molecule has 0 radical (unpaired) electrons. The molecule has 2 aromatic carbocycles. The van der Waals surface area contributed by atoms with Gasteiger partial charge in [0.05, 0.1) is 0 Å². The number of aryl methyl sites for hydroxylation is 2. The number of hydrogen-bond donors (Lipinski definition) is 2. The van der Waals surface area contributed by atoms with Crippen molar-refractivity contribution >= 4 is 23.5 Å². The van der Waals surface area contributed by atoms with Crippen LogP contribution in [0.4, 0.5) is 0 Å². The van der Waals surface area contributed by atoms with E-state index in [9.17, 15) is 5.53 Å². The van der Waals surface area contributed by atoms with Gasteiger partial charge in [0.15, 0.2) is 0 Å². The SMILES string of the molecule is CCC=Cc1ccc(CCC=CCCC)c(C2=CC(CCCCCCCC)=C(c3cc(C=CCC)ccc3CCC=CCCC)[N+]2=[N-])c1.CCO.CCO.[Ni]. The minimum Gasteiger partial charge on any atom is -0.493 e. The van der Waals surface area contributed by atoms with Crippen LogP contribution in [0.5, 0.6) is 0 Å². The molecule has 2 aromatic rings. The van der Waals surface area contributed by atoms with Gasteiger partial charge in [0.1, 0.15) is 0 Å². The third kappa shape index (κ3) is 20.6. The van der Waals surface area contributed by atoms with Gasteiger partial charge in [0, 0.05) is 52.5 Å². The van der Waals surface area contributed by atoms with Gasteiger partial charge in [-0.15, -0.1) is 0 Å². The van der Waals surface area contributed by atoms with Crippen molar-refractivity contribution < 1.29 is 31.4 Å². The Kier molecular flexibility index (Phi) is 32.2. The molecule has 308 valence electrons. The van der Waals surface area contributed by atoms with Crippen LogP contribution in [0, 0.1) is 0 Å². The number of rotatable bonds is 23. The van der Waals surface area contributed by atoms with Crippen molar-refractivity contribution in [1.82, 2.24) is 0 Å². The Labute approximate surface area is 347 Å². The first-order chi connectivity index (χ1) is 26.4. The first-order valence-electron chi connectivity index (χ1n) is 21.5. The molecule has 3 rings (SSSR count). The Hall–Kier alpha value is -3.11. The van der Waals surface area contributed by atoms with Crippen molar-refractivity contribution in [2.45, 2.75) is 158 Å². The summed E-state index contributed by atoms with van der Waals surface area (Å²) in [7, 11) is 0. The van der Waals surface area contributed by atoms with Gasteiger partial charge >= 0.3 is 0 Å². The van der Waals surface area contributed by atoms with E-state index in [1.807, 2.05) is 0 Å². The topological polar surface area (TPSA) is 65.8 Å². The number of nitrogens with zero attached hydrogens (tertiary/aromatic N) is 2. The molecule has 0 aromatic heterocycles. The molecule has 4 nitrogen and oxygen atoms in total. The average Bonchev–Trinajstić information content (AvgIpc) is 3.50. The van der Waals surface area contributed by atoms with Gasteiger partial charge in [-0.1, -0.05) is 152 Å². The van der Waals surface area contributed by atoms with Gasteiger partial charge in [-0.2, -0.15) is 0 Å². The maximum atomic E-state index is 12.3. The van der Waals surface area contributed by atoms with Gasteiger partial charge in [-0.05, 0) is 112 Å². The fourth-order valence-corrected chi connectivity index (χ4v) is 6.40. The molecule has 0 spiro atoms. The molecule has 1 heterocycles. The van der Waals surface area contributed by atoms with Gasteiger partial charge in [-0.25, -0.2) is 4.70 Å². The van der Waals surface area contributed by atoms with E-state index in [1.165, 1.54) is 72.8 Å². The maximum Gasteiger partial charge on any atom is 0.211 e. The molecule has 0 aliphatic carbocycles. The molecule has 0 saturated carbocycles. The summed E-state index contributed by atoms with van der Waals surface area (Å²) in [5.41, 5.74) is 22.7. The van der Waals surface area contributed by atoms with Crippen LogP contribution in [0.3, 0.4) is 0 Å². The molecule has 55 heavy (non-hydrogen) atoms. The van der Waals surface area contributed by atoms with Crippen LogP contribution in [0.2, 0.25) is 0 Å². The number of hydrogen-bond acceptors (Lipinski definition) is 2. The molecule has 0 fully saturated rings. The Balaban J connectivity index is 0.00000390. The molecular weight excluding hydrogens is 719 g/mol. The summed E-state index contributed by atoms with van der Waals surface area (Å²) in [6.07, 6.45) is 39.5. The minimum atomic E-state index is 0. The summed E-state index contributed by atoms with van der Waals surface area (Å²) in [6, 6.07) is 13.7. The van der Waals surface area contributed by atoms with Crippen LogP contribution in [-0.2, 0) is 29.3 Å². The summed E-state index contributed by atoms with van der Waals surface area (Å²) >= 11 is 0. The molecule has 0 unspecified atom stereocenters. The Morgan fingerprint density at radius 3 is 1.49 bits per heavy atom. The van der Waals surface area contributed by atoms with E-state index in [0.29, 0.717) is 0 Å². The van der Waals surface area contributed by atoms with Crippen LogP contribution in [0.15, 0.2) is 84.5 Å². The Bertz CT molecular complexity index is 1510. The average molecular weight is 796 g/mol. The Morgan fingerprint density at radius 1 is 0.545 bits per heavy atom. The second-order valence-electron chi connectivity index (χ2n) is 13.9. The zero-order valence-electron chi connectivity index (χ0n) is 35.7. The summed E-state index contributed by atoms with van der Waals surface area (Å²) in [6.45, 7) is 15.0. The fraction of sp³-hybridized carbons (Fsp3) is 0.520. The third-order valence-corrected chi connectivity index (χ3v) is 9.15. The number of aliphatic hydroxyl groups is 2. The molecule has 0 saturated heterocycles. The summed E-state index contributed by atoms with van der Waals surface area (Å²) in [4.78, 5) is 0. The molecule has 0 atom stereocenters. The number of allylic oxidation sites excluding steroid dienone is 8. The smallest absolute Gasteiger partial charge is 0.211 e. The van der Waals surface area contributed by atoms with Crippen molar-refractivity contribution in [2.75, 3.05) is 13.2 Å². The molecular formula is C50H76N2NiO2. The van der Waals surface area contributed by atoms with Crippen LogP contribution in [0.25, 0.3) is 29.1 Å². The maximum absolute atomic E-state index is 12.3. The zero-order valence-corrected chi connectivity index (χ0v) is 36.7. The third-order valence-electron chi connectivity index (χ3n) is 9.15. The number of benzene rings is 2. The zero-order chi connectivity index (χ0) is 39.8. The van der Waals surface area contributed by atoms with Crippen molar-refractivity contribution in [3.63, 3.8) is 0 Å². The van der Waals surface area contributed by atoms with Gasteiger partial charge in [0.25, 0.3) is 0 Å². The van der Waals surface area contributed by atoms with Crippen molar-refractivity contribution in [3.05, 3.63) is 123 Å². The quantitative estimate of drug-likeness (QED) is 0.0509. The van der Waals surface area contributed by atoms with E-state index in [0.717, 1.165) is 86.7 Å². The van der Waals surface area contributed by atoms with Crippen molar-refractivity contribution in [2.24, 2.45) is 0 Å². The van der Waals surface area contributed by atoms with Crippen molar-refractivity contribution in [3.8, 4) is 0 Å². The van der Waals surface area contributed by atoms with E-state index in [4.69, 9.17) is 10.2 Å². The molecule has 1 aliphatic heterocycles. The van der Waals surface area contributed by atoms with E-state index < -0.39 is 0 Å². The molecule has 1 aliphatic rings. The van der Waals surface area contributed by atoms with Gasteiger partial charge < -0.3 is 15.7 Å². The summed E-state index contributed by atoms with van der Waals surface area (Å²) in [5.74, 6) is 0. The standard InChI is InChI=1S/C46H64N2.2C2H6O.Ni/c1-6-11-16-19-22-25-30-42-37-45(43-35-38(26-14-9-4)31-33-40(43)28-23-20-17-12-7-2)48(47)46(42)44-36-39(27-15-10-5)32-34-41(44)29-24-21-18-13-8-3;2*1-2-3;/h14-15,17-18,20-21,26-27,31-37H,6-13,16,19,22-25,28-30H2,1-5H3;2*3H,2H2,1H3;. The predicted molar refractivity (Wildman–Crippen MR) is 238 cm³/mol. The summed E-state index contributed by atoms with van der Waals surface area (Å²) in [5, 5.41) is 15.1. The van der Waals surface area contributed by atoms with E-state index >= 15 is 0 Å². The van der Waals surface area contributed by atoms with Gasteiger partial charge in [0.2, 0.25) is 11.4 Å². The minimum absolute atomic E-state index is 0. The first kappa shape index (κ1) is 51.9. The number of aliphatic hydroxyl groups excluding tert-OH is 2. The van der Waals surface area contributed by atoms with E-state index in [2.05, 4.69) is 126 Å². The predicted octanol–water partition coefficient (Wildman–Crippen LogP) is 14.7. The van der Waals surface area contributed by atoms with E-state index in [1.54, 1.807) is 18.5 Å². The molecule has 0 bridgehead atoms. The van der Waals surface area contributed by atoms with Crippen LogP contribution < -0.4 is 0 Å². The first-order valence-corrected chi connectivity index (χ1v) is 21.5. The van der Waals surface area contributed by atoms with Crippen LogP contribution in [0.1, 0.15) is 178 Å². The normalized spacial score (nSPS) is 12.7. The summed E-state index contributed by atoms with van der Waals surface area (Å²) < 4.78 is 1.55. The second-order valence-corrected chi connectivity index (χ2v) is 13.9. The molecule has 0 amide bonds. The number of unbranched alkanes of at least 4 members (excludes halogenated alkanes) is 7. The Morgan fingerprint density at radius 2 is 1.00 bits per heavy atom. The van der Waals surface area contributed by atoms with Crippen LogP contribution >= 0.6 is 0 Å². The fourth-order valence-electron chi connectivity index (χ4n) is 6.40. The van der Waals surface area contributed by atoms with Crippen molar-refractivity contribution in [1.29, 1.82) is 0 Å². The van der Waals surface area contributed by atoms with E-state index in [-0.39, 0.29) is 29.7 Å². The van der Waals surface area contributed by atoms with Crippen LogP contribution in [-0.4, -0.2) is 28.1 Å². The monoisotopic (exact) mass is 795 g/mol. The second kappa shape index (κ2) is 34.2. The van der Waals surface area contributed by atoms with Gasteiger partial charge in [-0.3, -0.25) is 0 Å².